The van der Waals surface area contributed by atoms with Crippen LogP contribution >= 0.6 is 0 Å². The summed E-state index contributed by atoms with van der Waals surface area (Å²) in [5.41, 5.74) is 3.10. The molecule has 1 aliphatic heterocycles. The van der Waals surface area contributed by atoms with Gasteiger partial charge in [0, 0.05) is 7.11 Å². The summed E-state index contributed by atoms with van der Waals surface area (Å²) in [6.45, 7) is 5.39. The van der Waals surface area contributed by atoms with Crippen molar-refractivity contribution in [1.82, 2.24) is 0 Å². The fourth-order valence-electron chi connectivity index (χ4n) is 2.59. The average Bonchev–Trinajstić information content (AvgIpc) is 2.52. The van der Waals surface area contributed by atoms with E-state index in [0.717, 1.165) is 11.1 Å². The third-order valence-corrected chi connectivity index (χ3v) is 3.93. The second-order valence-electron chi connectivity index (χ2n) is 5.62. The van der Waals surface area contributed by atoms with Gasteiger partial charge < -0.3 is 9.47 Å². The Bertz CT molecular complexity index is 671. The van der Waals surface area contributed by atoms with Gasteiger partial charge in [0.05, 0.1) is 18.0 Å². The minimum Gasteiger partial charge on any atom is -0.465 e. The highest BCUT2D eigenvalue weighted by atomic mass is 16.5. The molecule has 0 saturated carbocycles. The van der Waals surface area contributed by atoms with E-state index in [0.29, 0.717) is 11.4 Å². The number of benzene rings is 1. The summed E-state index contributed by atoms with van der Waals surface area (Å²) in [4.78, 5) is 39.4. The van der Waals surface area contributed by atoms with Crippen LogP contribution in [0, 0.1) is 13.8 Å². The van der Waals surface area contributed by atoms with E-state index in [1.165, 1.54) is 16.9 Å². The third-order valence-electron chi connectivity index (χ3n) is 3.93. The van der Waals surface area contributed by atoms with E-state index in [1.807, 2.05) is 26.0 Å². The lowest BCUT2D eigenvalue weighted by molar-refractivity contribution is -0.142. The number of ether oxygens (including phenoxy) is 2. The van der Waals surface area contributed by atoms with Crippen LogP contribution in [0.5, 0.6) is 0 Å². The summed E-state index contributed by atoms with van der Waals surface area (Å²) in [6.07, 6.45) is 0. The molecule has 7 nitrogen and oxygen atoms in total. The Morgan fingerprint density at radius 1 is 1.17 bits per heavy atom. The third kappa shape index (κ3) is 3.56. The molecule has 0 atom stereocenters. The van der Waals surface area contributed by atoms with Crippen LogP contribution < -0.4 is 9.80 Å². The van der Waals surface area contributed by atoms with Gasteiger partial charge in [-0.05, 0) is 44.0 Å². The standard InChI is InChI=1S/C17H22N2O5/c1-5-24-17(22)9-19-14-7-12(3)11(2)6-13(14)18(8-15(19)20)16(21)10-23-4/h6-7H,5,8-10H2,1-4H3. The quantitative estimate of drug-likeness (QED) is 0.756. The zero-order chi connectivity index (χ0) is 17.9. The fourth-order valence-corrected chi connectivity index (χ4v) is 2.59. The second kappa shape index (κ2) is 7.44. The van der Waals surface area contributed by atoms with E-state index in [4.69, 9.17) is 9.47 Å². The number of methoxy groups -OCH3 is 1. The first kappa shape index (κ1) is 17.9. The summed E-state index contributed by atoms with van der Waals surface area (Å²) in [5, 5.41) is 0. The molecule has 0 unspecified atom stereocenters. The Morgan fingerprint density at radius 2 is 1.79 bits per heavy atom. The molecule has 2 rings (SSSR count). The molecule has 0 N–H and O–H groups in total. The number of amides is 2. The predicted molar refractivity (Wildman–Crippen MR) is 89.1 cm³/mol. The fraction of sp³-hybridized carbons (Fsp3) is 0.471. The van der Waals surface area contributed by atoms with Crippen LogP contribution in [0.1, 0.15) is 18.1 Å². The van der Waals surface area contributed by atoms with Crippen LogP contribution in [0.2, 0.25) is 0 Å². The minimum atomic E-state index is -0.480. The molecule has 130 valence electrons. The zero-order valence-electron chi connectivity index (χ0n) is 14.4. The Hall–Kier alpha value is -2.41. The van der Waals surface area contributed by atoms with Crippen molar-refractivity contribution >= 4 is 29.2 Å². The number of aryl methyl sites for hydroxylation is 2. The molecule has 1 heterocycles. The first-order valence-electron chi connectivity index (χ1n) is 7.75. The summed E-state index contributed by atoms with van der Waals surface area (Å²) < 4.78 is 9.84. The van der Waals surface area contributed by atoms with Gasteiger partial charge in [0.15, 0.2) is 0 Å². The first-order valence-corrected chi connectivity index (χ1v) is 7.75. The monoisotopic (exact) mass is 334 g/mol. The molecule has 0 spiro atoms. The van der Waals surface area contributed by atoms with Gasteiger partial charge in [0.2, 0.25) is 5.91 Å². The van der Waals surface area contributed by atoms with Crippen LogP contribution in [0.25, 0.3) is 0 Å². The van der Waals surface area contributed by atoms with Crippen LogP contribution in [-0.2, 0) is 23.9 Å². The van der Waals surface area contributed by atoms with Crippen molar-refractivity contribution in [3.8, 4) is 0 Å². The van der Waals surface area contributed by atoms with E-state index in [9.17, 15) is 14.4 Å². The molecule has 2 amide bonds. The second-order valence-corrected chi connectivity index (χ2v) is 5.62. The van der Waals surface area contributed by atoms with Gasteiger partial charge in [0.1, 0.15) is 19.7 Å². The predicted octanol–water partition coefficient (Wildman–Crippen LogP) is 1.19. The number of esters is 1. The van der Waals surface area contributed by atoms with Gasteiger partial charge in [-0.25, -0.2) is 0 Å². The van der Waals surface area contributed by atoms with Crippen molar-refractivity contribution in [2.75, 3.05) is 43.2 Å². The summed E-state index contributed by atoms with van der Waals surface area (Å²) >= 11 is 0. The van der Waals surface area contributed by atoms with Gasteiger partial charge in [0.25, 0.3) is 5.91 Å². The molecule has 0 radical (unpaired) electrons. The van der Waals surface area contributed by atoms with Crippen molar-refractivity contribution in [3.05, 3.63) is 23.3 Å². The van der Waals surface area contributed by atoms with Crippen molar-refractivity contribution in [1.29, 1.82) is 0 Å². The van der Waals surface area contributed by atoms with Crippen molar-refractivity contribution in [2.45, 2.75) is 20.8 Å². The van der Waals surface area contributed by atoms with Crippen LogP contribution in [0.3, 0.4) is 0 Å². The molecule has 0 bridgehead atoms. The summed E-state index contributed by atoms with van der Waals surface area (Å²) in [5.74, 6) is -1.11. The zero-order valence-corrected chi connectivity index (χ0v) is 14.4. The highest BCUT2D eigenvalue weighted by Gasteiger charge is 2.34. The number of hydrogen-bond acceptors (Lipinski definition) is 5. The largest absolute Gasteiger partial charge is 0.465 e. The van der Waals surface area contributed by atoms with Gasteiger partial charge >= 0.3 is 5.97 Å². The van der Waals surface area contributed by atoms with Gasteiger partial charge in [-0.1, -0.05) is 0 Å². The van der Waals surface area contributed by atoms with Crippen LogP contribution in [-0.4, -0.2) is 51.2 Å². The molecule has 1 aliphatic rings. The minimum absolute atomic E-state index is 0.114. The Labute approximate surface area is 141 Å². The highest BCUT2D eigenvalue weighted by molar-refractivity contribution is 6.12. The van der Waals surface area contributed by atoms with Crippen molar-refractivity contribution in [3.63, 3.8) is 0 Å². The lowest BCUT2D eigenvalue weighted by Crippen LogP contribution is -2.50. The maximum Gasteiger partial charge on any atom is 0.326 e. The maximum atomic E-state index is 12.5. The number of hydrogen-bond donors (Lipinski definition) is 0. The van der Waals surface area contributed by atoms with Gasteiger partial charge in [-0.15, -0.1) is 0 Å². The van der Waals surface area contributed by atoms with E-state index in [2.05, 4.69) is 0 Å². The summed E-state index contributed by atoms with van der Waals surface area (Å²) in [7, 11) is 1.43. The molecular weight excluding hydrogens is 312 g/mol. The molecule has 0 aliphatic carbocycles. The summed E-state index contributed by atoms with van der Waals surface area (Å²) in [6, 6.07) is 3.66. The number of fused-ring (bicyclic) bond motifs is 1. The lowest BCUT2D eigenvalue weighted by atomic mass is 10.0. The van der Waals surface area contributed by atoms with E-state index < -0.39 is 5.97 Å². The maximum absolute atomic E-state index is 12.5. The molecule has 7 heteroatoms. The molecular formula is C17H22N2O5. The number of rotatable bonds is 5. The highest BCUT2D eigenvalue weighted by Crippen LogP contribution is 2.36. The molecule has 1 aromatic carbocycles. The lowest BCUT2D eigenvalue weighted by Gasteiger charge is -2.36. The normalized spacial score (nSPS) is 13.8. The van der Waals surface area contributed by atoms with E-state index >= 15 is 0 Å². The van der Waals surface area contributed by atoms with Crippen molar-refractivity contribution < 1.29 is 23.9 Å². The Kier molecular flexibility index (Phi) is 5.56. The number of anilines is 2. The SMILES string of the molecule is CCOC(=O)CN1C(=O)CN(C(=O)COC)c2cc(C)c(C)cc21. The van der Waals surface area contributed by atoms with E-state index in [-0.39, 0.29) is 38.1 Å². The molecule has 1 aromatic rings. The topological polar surface area (TPSA) is 76.2 Å². The van der Waals surface area contributed by atoms with Crippen molar-refractivity contribution in [2.24, 2.45) is 0 Å². The Balaban J connectivity index is 2.45. The molecule has 0 fully saturated rings. The number of carbonyl (C=O) groups is 3. The Morgan fingerprint density at radius 3 is 2.38 bits per heavy atom. The number of nitrogens with zero attached hydrogens (tertiary/aromatic N) is 2. The van der Waals surface area contributed by atoms with Gasteiger partial charge in [-0.3, -0.25) is 24.2 Å². The average molecular weight is 334 g/mol. The van der Waals surface area contributed by atoms with Crippen LogP contribution in [0.15, 0.2) is 12.1 Å². The molecule has 0 saturated heterocycles. The first-order chi connectivity index (χ1) is 11.4. The van der Waals surface area contributed by atoms with Crippen LogP contribution in [0.4, 0.5) is 11.4 Å². The number of carbonyl (C=O) groups excluding carboxylic acids is 3. The van der Waals surface area contributed by atoms with E-state index in [1.54, 1.807) is 6.92 Å². The molecule has 0 aromatic heterocycles. The molecule has 24 heavy (non-hydrogen) atoms. The van der Waals surface area contributed by atoms with Gasteiger partial charge in [-0.2, -0.15) is 0 Å². The smallest absolute Gasteiger partial charge is 0.326 e.